The second-order valence-electron chi connectivity index (χ2n) is 10.9. The van der Waals surface area contributed by atoms with Crippen LogP contribution in [0.25, 0.3) is 10.9 Å². The monoisotopic (exact) mass is 520 g/mol. The summed E-state index contributed by atoms with van der Waals surface area (Å²) < 4.78 is 6.28. The molecule has 1 unspecified atom stereocenters. The number of benzene rings is 3. The van der Waals surface area contributed by atoms with E-state index in [4.69, 9.17) is 15.5 Å². The Morgan fingerprint density at radius 3 is 2.74 bits per heavy atom. The number of likely N-dealkylation sites (tertiary alicyclic amines) is 1. The summed E-state index contributed by atoms with van der Waals surface area (Å²) in [5.41, 5.74) is 14.2. The highest BCUT2D eigenvalue weighted by Gasteiger charge is 2.23. The number of carbonyl (C=O) groups is 1. The summed E-state index contributed by atoms with van der Waals surface area (Å²) in [5.74, 6) is 0.804. The van der Waals surface area contributed by atoms with E-state index in [9.17, 15) is 4.79 Å². The lowest BCUT2D eigenvalue weighted by Crippen LogP contribution is -2.40. The average molecular weight is 521 g/mol. The molecule has 2 aliphatic rings. The van der Waals surface area contributed by atoms with E-state index < -0.39 is 0 Å². The second-order valence-corrected chi connectivity index (χ2v) is 10.9. The number of piperidine rings is 1. The molecule has 6 rings (SSSR count). The number of hydrogen-bond donors (Lipinski definition) is 2. The molecule has 1 saturated heterocycles. The number of hydrogen-bond acceptors (Lipinski definition) is 5. The third-order valence-corrected chi connectivity index (χ3v) is 8.01. The first kappa shape index (κ1) is 25.4. The Kier molecular flexibility index (Phi) is 7.20. The van der Waals surface area contributed by atoms with Gasteiger partial charge < -0.3 is 15.8 Å². The van der Waals surface area contributed by atoms with Gasteiger partial charge in [-0.1, -0.05) is 35.9 Å². The Hall–Kier alpha value is -3.90. The Morgan fingerprint density at radius 2 is 1.87 bits per heavy atom. The smallest absolute Gasteiger partial charge is 0.255 e. The van der Waals surface area contributed by atoms with Crippen molar-refractivity contribution in [3.05, 3.63) is 94.7 Å². The number of amides is 1. The maximum atomic E-state index is 13.5. The van der Waals surface area contributed by atoms with Gasteiger partial charge in [0.15, 0.2) is 0 Å². The molecule has 1 aromatic heterocycles. The van der Waals surface area contributed by atoms with Crippen LogP contribution in [-0.2, 0) is 19.4 Å². The predicted molar refractivity (Wildman–Crippen MR) is 157 cm³/mol. The van der Waals surface area contributed by atoms with Crippen LogP contribution < -0.4 is 15.8 Å². The van der Waals surface area contributed by atoms with Gasteiger partial charge in [-0.05, 0) is 99.5 Å². The molecule has 3 N–H and O–H groups in total. The molecule has 1 aliphatic heterocycles. The zero-order valence-corrected chi connectivity index (χ0v) is 22.6. The molecule has 0 bridgehead atoms. The summed E-state index contributed by atoms with van der Waals surface area (Å²) in [6, 6.07) is 22.0. The van der Waals surface area contributed by atoms with E-state index in [-0.39, 0.29) is 12.0 Å². The maximum Gasteiger partial charge on any atom is 0.255 e. The maximum absolute atomic E-state index is 13.5. The molecule has 2 heterocycles. The zero-order valence-electron chi connectivity index (χ0n) is 22.6. The SMILES string of the molecule is Cc1ccc(OC2CCCN(Cc3ccccc3C(=O)Nc3ccc4nc5c(c(N)c4c3)CCCC5)C2)cc1. The van der Waals surface area contributed by atoms with Gasteiger partial charge in [-0.3, -0.25) is 14.7 Å². The molecule has 0 radical (unpaired) electrons. The number of anilines is 2. The molecule has 3 aromatic carbocycles. The van der Waals surface area contributed by atoms with Crippen molar-refractivity contribution in [1.29, 1.82) is 0 Å². The van der Waals surface area contributed by atoms with E-state index in [2.05, 4.69) is 29.3 Å². The summed E-state index contributed by atoms with van der Waals surface area (Å²) in [4.78, 5) is 20.7. The van der Waals surface area contributed by atoms with E-state index in [1.54, 1.807) is 0 Å². The predicted octanol–water partition coefficient (Wildman–Crippen LogP) is 6.30. The number of aromatic nitrogens is 1. The van der Waals surface area contributed by atoms with Crippen LogP contribution in [0.2, 0.25) is 0 Å². The van der Waals surface area contributed by atoms with E-state index in [1.807, 2.05) is 54.6 Å². The highest BCUT2D eigenvalue weighted by molar-refractivity contribution is 6.06. The lowest BCUT2D eigenvalue weighted by molar-refractivity contribution is 0.0839. The van der Waals surface area contributed by atoms with E-state index in [0.717, 1.165) is 90.9 Å². The minimum absolute atomic E-state index is 0.112. The standard InChI is InChI=1S/C33H36N4O2/c1-22-12-15-25(16-13-22)39-26-8-6-18-37(21-26)20-23-7-2-3-9-27(23)33(38)35-24-14-17-31-29(19-24)32(34)28-10-4-5-11-30(28)36-31/h2-3,7,9,12-17,19,26H,4-6,8,10-11,18,20-21H2,1H3,(H2,34,36)(H,35,38). The number of nitrogens with two attached hydrogens (primary N) is 1. The zero-order chi connectivity index (χ0) is 26.8. The van der Waals surface area contributed by atoms with Gasteiger partial charge in [-0.2, -0.15) is 0 Å². The van der Waals surface area contributed by atoms with Crippen LogP contribution in [0.4, 0.5) is 11.4 Å². The molecule has 0 spiro atoms. The van der Waals surface area contributed by atoms with Crippen molar-refractivity contribution in [2.45, 2.75) is 58.1 Å². The Balaban J connectivity index is 1.16. The van der Waals surface area contributed by atoms with Crippen LogP contribution in [0.5, 0.6) is 5.75 Å². The highest BCUT2D eigenvalue weighted by atomic mass is 16.5. The molecule has 0 saturated carbocycles. The largest absolute Gasteiger partial charge is 0.489 e. The van der Waals surface area contributed by atoms with E-state index in [1.165, 1.54) is 11.1 Å². The summed E-state index contributed by atoms with van der Waals surface area (Å²) in [5, 5.41) is 4.03. The van der Waals surface area contributed by atoms with Gasteiger partial charge in [0.2, 0.25) is 0 Å². The molecule has 1 fully saturated rings. The third kappa shape index (κ3) is 5.62. The topological polar surface area (TPSA) is 80.5 Å². The lowest BCUT2D eigenvalue weighted by atomic mass is 9.93. The van der Waals surface area contributed by atoms with Crippen LogP contribution in [0.15, 0.2) is 66.7 Å². The molecular formula is C33H36N4O2. The van der Waals surface area contributed by atoms with Crippen molar-refractivity contribution >= 4 is 28.2 Å². The molecule has 1 aliphatic carbocycles. The lowest BCUT2D eigenvalue weighted by Gasteiger charge is -2.33. The number of carbonyl (C=O) groups excluding carboxylic acids is 1. The van der Waals surface area contributed by atoms with E-state index in [0.29, 0.717) is 12.1 Å². The van der Waals surface area contributed by atoms with Crippen LogP contribution in [-0.4, -0.2) is 35.0 Å². The third-order valence-electron chi connectivity index (χ3n) is 8.01. The van der Waals surface area contributed by atoms with Crippen molar-refractivity contribution < 1.29 is 9.53 Å². The molecule has 200 valence electrons. The molecule has 1 atom stereocenters. The van der Waals surface area contributed by atoms with Gasteiger partial charge in [0.1, 0.15) is 11.9 Å². The van der Waals surface area contributed by atoms with Gasteiger partial charge in [0, 0.05) is 41.1 Å². The first-order chi connectivity index (χ1) is 19.0. The minimum atomic E-state index is -0.112. The normalized spacial score (nSPS) is 17.5. The summed E-state index contributed by atoms with van der Waals surface area (Å²) in [6.07, 6.45) is 6.52. The number of ether oxygens (including phenoxy) is 1. The van der Waals surface area contributed by atoms with Crippen LogP contribution in [0, 0.1) is 6.92 Å². The van der Waals surface area contributed by atoms with Gasteiger partial charge >= 0.3 is 0 Å². The van der Waals surface area contributed by atoms with Gasteiger partial charge in [-0.25, -0.2) is 0 Å². The quantitative estimate of drug-likeness (QED) is 0.312. The second kappa shape index (κ2) is 11.1. The molecule has 4 aromatic rings. The van der Waals surface area contributed by atoms with Crippen molar-refractivity contribution in [1.82, 2.24) is 9.88 Å². The highest BCUT2D eigenvalue weighted by Crippen LogP contribution is 2.32. The van der Waals surface area contributed by atoms with Gasteiger partial charge in [-0.15, -0.1) is 0 Å². The van der Waals surface area contributed by atoms with Crippen LogP contribution in [0.3, 0.4) is 0 Å². The van der Waals surface area contributed by atoms with Crippen molar-refractivity contribution in [2.24, 2.45) is 0 Å². The fourth-order valence-electron chi connectivity index (χ4n) is 5.92. The molecule has 6 nitrogen and oxygen atoms in total. The average Bonchev–Trinajstić information content (AvgIpc) is 2.95. The van der Waals surface area contributed by atoms with Crippen molar-refractivity contribution in [3.8, 4) is 5.75 Å². The van der Waals surface area contributed by atoms with Crippen LogP contribution in [0.1, 0.15) is 58.4 Å². The minimum Gasteiger partial charge on any atom is -0.489 e. The number of rotatable bonds is 6. The van der Waals surface area contributed by atoms with Crippen molar-refractivity contribution in [3.63, 3.8) is 0 Å². The fourth-order valence-corrected chi connectivity index (χ4v) is 5.92. The Bertz CT molecular complexity index is 1500. The molecule has 6 heteroatoms. The van der Waals surface area contributed by atoms with Crippen LogP contribution >= 0.6 is 0 Å². The molecular weight excluding hydrogens is 484 g/mol. The van der Waals surface area contributed by atoms with E-state index >= 15 is 0 Å². The molecule has 1 amide bonds. The summed E-state index contributed by atoms with van der Waals surface area (Å²) in [6.45, 7) is 4.62. The number of nitrogen functional groups attached to an aromatic ring is 1. The molecule has 39 heavy (non-hydrogen) atoms. The summed E-state index contributed by atoms with van der Waals surface area (Å²) in [7, 11) is 0. The number of nitrogens with one attached hydrogen (secondary N) is 1. The summed E-state index contributed by atoms with van der Waals surface area (Å²) >= 11 is 0. The number of pyridine rings is 1. The van der Waals surface area contributed by atoms with Gasteiger partial charge in [0.05, 0.1) is 5.52 Å². The Labute approximate surface area is 230 Å². The van der Waals surface area contributed by atoms with Crippen molar-refractivity contribution in [2.75, 3.05) is 24.1 Å². The first-order valence-corrected chi connectivity index (χ1v) is 14.1. The fraction of sp³-hybridized carbons (Fsp3) is 0.333. The van der Waals surface area contributed by atoms with Gasteiger partial charge in [0.25, 0.3) is 5.91 Å². The number of aryl methyl sites for hydroxylation is 2. The number of fused-ring (bicyclic) bond motifs is 2. The number of nitrogens with zero attached hydrogens (tertiary/aromatic N) is 2. The Morgan fingerprint density at radius 1 is 1.05 bits per heavy atom. The first-order valence-electron chi connectivity index (χ1n) is 14.1.